The lowest BCUT2D eigenvalue weighted by molar-refractivity contribution is 0.426. The maximum Gasteiger partial charge on any atom is 0.488 e. The molecule has 0 amide bonds. The molecule has 0 spiro atoms. The highest BCUT2D eigenvalue weighted by Crippen LogP contribution is 2.29. The van der Waals surface area contributed by atoms with Crippen molar-refractivity contribution in [2.45, 2.75) is 12.8 Å². The zero-order valence-corrected chi connectivity index (χ0v) is 14.9. The first-order chi connectivity index (χ1) is 13.2. The van der Waals surface area contributed by atoms with Crippen molar-refractivity contribution in [1.82, 2.24) is 4.98 Å². The van der Waals surface area contributed by atoms with Crippen molar-refractivity contribution in [3.8, 4) is 22.5 Å². The van der Waals surface area contributed by atoms with Crippen LogP contribution in [0.4, 0.5) is 0 Å². The number of nitrogens with zero attached hydrogens (tertiary/aromatic N) is 1. The fourth-order valence-corrected chi connectivity index (χ4v) is 3.26. The van der Waals surface area contributed by atoms with E-state index in [-0.39, 0.29) is 0 Å². The van der Waals surface area contributed by atoms with E-state index in [9.17, 15) is 10.0 Å². The summed E-state index contributed by atoms with van der Waals surface area (Å²) >= 11 is 0. The summed E-state index contributed by atoms with van der Waals surface area (Å²) in [5.74, 6) is 0. The van der Waals surface area contributed by atoms with E-state index in [2.05, 4.69) is 42.5 Å². The Morgan fingerprint density at radius 1 is 0.741 bits per heavy atom. The molecule has 1 aliphatic carbocycles. The van der Waals surface area contributed by atoms with E-state index in [1.54, 1.807) is 12.1 Å². The van der Waals surface area contributed by atoms with E-state index < -0.39 is 7.12 Å². The van der Waals surface area contributed by atoms with Crippen molar-refractivity contribution in [1.29, 1.82) is 0 Å². The van der Waals surface area contributed by atoms with Crippen molar-refractivity contribution >= 4 is 18.2 Å². The molecule has 2 N–H and O–H groups in total. The first-order valence-electron chi connectivity index (χ1n) is 9.12. The van der Waals surface area contributed by atoms with E-state index in [1.165, 1.54) is 5.57 Å². The lowest BCUT2D eigenvalue weighted by Crippen LogP contribution is -2.29. The van der Waals surface area contributed by atoms with Gasteiger partial charge in [0.2, 0.25) is 0 Å². The molecule has 3 nitrogen and oxygen atoms in total. The van der Waals surface area contributed by atoms with Gasteiger partial charge in [0.15, 0.2) is 0 Å². The molecule has 0 fully saturated rings. The molecular formula is C23H20BNO2. The molecule has 0 saturated heterocycles. The molecule has 0 saturated carbocycles. The quantitative estimate of drug-likeness (QED) is 0.701. The molecule has 4 heteroatoms. The van der Waals surface area contributed by atoms with Gasteiger partial charge in [-0.3, -0.25) is 0 Å². The van der Waals surface area contributed by atoms with Crippen LogP contribution in [0.2, 0.25) is 0 Å². The van der Waals surface area contributed by atoms with Crippen LogP contribution >= 0.6 is 0 Å². The highest BCUT2D eigenvalue weighted by molar-refractivity contribution is 6.58. The lowest BCUT2D eigenvalue weighted by atomic mass is 9.80. The van der Waals surface area contributed by atoms with Gasteiger partial charge in [0.1, 0.15) is 0 Å². The van der Waals surface area contributed by atoms with Gasteiger partial charge in [-0.15, -0.1) is 0 Å². The third kappa shape index (κ3) is 3.92. The molecule has 1 aliphatic rings. The second-order valence-electron chi connectivity index (χ2n) is 6.63. The van der Waals surface area contributed by atoms with Gasteiger partial charge >= 0.3 is 7.12 Å². The largest absolute Gasteiger partial charge is 0.488 e. The van der Waals surface area contributed by atoms with E-state index in [0.29, 0.717) is 5.46 Å². The number of rotatable bonds is 4. The summed E-state index contributed by atoms with van der Waals surface area (Å²) in [4.78, 5) is 4.87. The SMILES string of the molecule is OB(O)c1ccc(-c2cc(C3=CCCC=C3)cc(-c3ccccc3)n2)cc1. The highest BCUT2D eigenvalue weighted by atomic mass is 16.4. The standard InChI is InChI=1S/C23H20BNO2/c26-24(27)21-13-11-19(12-14-21)23-16-20(17-7-3-1-4-8-17)15-22(25-23)18-9-5-2-6-10-18/h2-3,5-16,26-27H,1,4H2. The summed E-state index contributed by atoms with van der Waals surface area (Å²) in [5.41, 5.74) is 6.63. The third-order valence-electron chi connectivity index (χ3n) is 4.73. The summed E-state index contributed by atoms with van der Waals surface area (Å²) in [5, 5.41) is 18.6. The number of pyridine rings is 1. The molecule has 0 aliphatic heterocycles. The number of hydrogen-bond acceptors (Lipinski definition) is 3. The van der Waals surface area contributed by atoms with Crippen LogP contribution in [0.15, 0.2) is 85.0 Å². The van der Waals surface area contributed by atoms with Crippen LogP contribution in [-0.2, 0) is 0 Å². The summed E-state index contributed by atoms with van der Waals surface area (Å²) in [6.45, 7) is 0. The molecule has 1 aromatic heterocycles. The van der Waals surface area contributed by atoms with Crippen LogP contribution < -0.4 is 5.46 Å². The Morgan fingerprint density at radius 2 is 1.41 bits per heavy atom. The second-order valence-corrected chi connectivity index (χ2v) is 6.63. The van der Waals surface area contributed by atoms with Gasteiger partial charge in [0, 0.05) is 11.1 Å². The Hall–Kier alpha value is -2.95. The Morgan fingerprint density at radius 3 is 2.00 bits per heavy atom. The fraction of sp³-hybridized carbons (Fsp3) is 0.0870. The van der Waals surface area contributed by atoms with Crippen molar-refractivity contribution < 1.29 is 10.0 Å². The summed E-state index contributed by atoms with van der Waals surface area (Å²) in [6, 6.07) is 21.6. The van der Waals surface area contributed by atoms with Crippen LogP contribution in [0.5, 0.6) is 0 Å². The Bertz CT molecular complexity index is 993. The minimum Gasteiger partial charge on any atom is -0.423 e. The van der Waals surface area contributed by atoms with Gasteiger partial charge in [-0.1, -0.05) is 72.8 Å². The predicted octanol–water partition coefficient (Wildman–Crippen LogP) is 3.83. The molecule has 3 aromatic rings. The third-order valence-corrected chi connectivity index (χ3v) is 4.73. The number of aromatic nitrogens is 1. The first kappa shape index (κ1) is 17.5. The van der Waals surface area contributed by atoms with Crippen LogP contribution in [0.3, 0.4) is 0 Å². The van der Waals surface area contributed by atoms with Gasteiger partial charge in [-0.2, -0.15) is 0 Å². The maximum absolute atomic E-state index is 9.32. The van der Waals surface area contributed by atoms with Crippen molar-refractivity contribution in [3.05, 3.63) is 90.5 Å². The summed E-state index contributed by atoms with van der Waals surface area (Å²) < 4.78 is 0. The smallest absolute Gasteiger partial charge is 0.423 e. The molecule has 2 aromatic carbocycles. The zero-order chi connectivity index (χ0) is 18.6. The van der Waals surface area contributed by atoms with Crippen LogP contribution in [-0.4, -0.2) is 22.2 Å². The van der Waals surface area contributed by atoms with Gasteiger partial charge in [0.25, 0.3) is 0 Å². The number of benzene rings is 2. The van der Waals surface area contributed by atoms with Crippen molar-refractivity contribution in [2.75, 3.05) is 0 Å². The van der Waals surface area contributed by atoms with E-state index in [0.717, 1.165) is 40.9 Å². The zero-order valence-electron chi connectivity index (χ0n) is 14.9. The topological polar surface area (TPSA) is 53.4 Å². The monoisotopic (exact) mass is 353 g/mol. The molecule has 0 atom stereocenters. The molecule has 27 heavy (non-hydrogen) atoms. The van der Waals surface area contributed by atoms with Crippen LogP contribution in [0.25, 0.3) is 28.1 Å². The molecule has 1 heterocycles. The van der Waals surface area contributed by atoms with Crippen molar-refractivity contribution in [2.24, 2.45) is 0 Å². The fourth-order valence-electron chi connectivity index (χ4n) is 3.26. The lowest BCUT2D eigenvalue weighted by Gasteiger charge is -2.13. The van der Waals surface area contributed by atoms with Gasteiger partial charge in [-0.05, 0) is 41.6 Å². The van der Waals surface area contributed by atoms with Crippen LogP contribution in [0.1, 0.15) is 18.4 Å². The first-order valence-corrected chi connectivity index (χ1v) is 9.12. The molecule has 0 unspecified atom stereocenters. The molecule has 132 valence electrons. The molecule has 0 radical (unpaired) electrons. The van der Waals surface area contributed by atoms with Crippen LogP contribution in [0, 0.1) is 0 Å². The Balaban J connectivity index is 1.82. The maximum atomic E-state index is 9.32. The average Bonchev–Trinajstić information content (AvgIpc) is 2.75. The average molecular weight is 353 g/mol. The Labute approximate surface area is 159 Å². The molecule has 0 bridgehead atoms. The van der Waals surface area contributed by atoms with E-state index in [4.69, 9.17) is 4.98 Å². The van der Waals surface area contributed by atoms with Crippen molar-refractivity contribution in [3.63, 3.8) is 0 Å². The number of hydrogen-bond donors (Lipinski definition) is 2. The van der Waals surface area contributed by atoms with E-state index in [1.807, 2.05) is 30.3 Å². The minimum atomic E-state index is -1.46. The normalized spacial score (nSPS) is 13.3. The minimum absolute atomic E-state index is 0.469. The van der Waals surface area contributed by atoms with Gasteiger partial charge < -0.3 is 10.0 Å². The number of allylic oxidation sites excluding steroid dienone is 4. The summed E-state index contributed by atoms with van der Waals surface area (Å²) in [7, 11) is -1.46. The van der Waals surface area contributed by atoms with Gasteiger partial charge in [-0.25, -0.2) is 4.98 Å². The summed E-state index contributed by atoms with van der Waals surface area (Å²) in [6.07, 6.45) is 8.77. The van der Waals surface area contributed by atoms with Gasteiger partial charge in [0.05, 0.1) is 11.4 Å². The Kier molecular flexibility index (Phi) is 5.01. The molecule has 4 rings (SSSR count). The second kappa shape index (κ2) is 7.74. The van der Waals surface area contributed by atoms with E-state index >= 15 is 0 Å². The highest BCUT2D eigenvalue weighted by Gasteiger charge is 2.13. The predicted molar refractivity (Wildman–Crippen MR) is 111 cm³/mol. The molecular weight excluding hydrogens is 333 g/mol.